The SMILES string of the molecule is CC(C)(CCC#N)CNc1cc(Br)cnc1Cl. The maximum atomic E-state index is 8.59. The Morgan fingerprint density at radius 3 is 2.94 bits per heavy atom. The largest absolute Gasteiger partial charge is 0.382 e. The van der Waals surface area contributed by atoms with E-state index >= 15 is 0 Å². The Balaban J connectivity index is 2.61. The van der Waals surface area contributed by atoms with Gasteiger partial charge in [-0.15, -0.1) is 0 Å². The summed E-state index contributed by atoms with van der Waals surface area (Å²) in [6.45, 7) is 5.00. The van der Waals surface area contributed by atoms with Gasteiger partial charge in [0.25, 0.3) is 0 Å². The predicted molar refractivity (Wildman–Crippen MR) is 74.1 cm³/mol. The fourth-order valence-corrected chi connectivity index (χ4v) is 1.87. The highest BCUT2D eigenvalue weighted by Gasteiger charge is 2.17. The van der Waals surface area contributed by atoms with E-state index in [1.165, 1.54) is 0 Å². The van der Waals surface area contributed by atoms with Gasteiger partial charge >= 0.3 is 0 Å². The molecule has 0 radical (unpaired) electrons. The summed E-state index contributed by atoms with van der Waals surface area (Å²) in [6.07, 6.45) is 3.09. The van der Waals surface area contributed by atoms with Crippen LogP contribution in [0.2, 0.25) is 5.15 Å². The van der Waals surface area contributed by atoms with E-state index in [2.05, 4.69) is 46.1 Å². The van der Waals surface area contributed by atoms with Gasteiger partial charge in [0.1, 0.15) is 0 Å². The number of nitrogens with zero attached hydrogens (tertiary/aromatic N) is 2. The molecule has 3 nitrogen and oxygen atoms in total. The first-order chi connectivity index (χ1) is 7.94. The lowest BCUT2D eigenvalue weighted by atomic mass is 9.88. The molecule has 92 valence electrons. The number of halogens is 2. The van der Waals surface area contributed by atoms with Crippen LogP contribution in [-0.4, -0.2) is 11.5 Å². The zero-order chi connectivity index (χ0) is 12.9. The molecule has 0 atom stereocenters. The van der Waals surface area contributed by atoms with Crippen molar-refractivity contribution in [3.63, 3.8) is 0 Å². The minimum Gasteiger partial charge on any atom is -0.382 e. The fraction of sp³-hybridized carbons (Fsp3) is 0.500. The minimum absolute atomic E-state index is 0.0569. The predicted octanol–water partition coefficient (Wildman–Crippen LogP) is 4.24. The number of rotatable bonds is 5. The molecule has 17 heavy (non-hydrogen) atoms. The molecule has 1 N–H and O–H groups in total. The highest BCUT2D eigenvalue weighted by atomic mass is 79.9. The lowest BCUT2D eigenvalue weighted by molar-refractivity contribution is 0.364. The number of nitrogens with one attached hydrogen (secondary N) is 1. The summed E-state index contributed by atoms with van der Waals surface area (Å²) in [5.41, 5.74) is 0.868. The van der Waals surface area contributed by atoms with Gasteiger partial charge in [-0.3, -0.25) is 0 Å². The zero-order valence-electron chi connectivity index (χ0n) is 9.93. The average molecular weight is 317 g/mol. The van der Waals surface area contributed by atoms with Crippen LogP contribution < -0.4 is 5.32 Å². The average Bonchev–Trinajstić information content (AvgIpc) is 2.28. The molecule has 0 unspecified atom stereocenters. The summed E-state index contributed by atoms with van der Waals surface area (Å²) in [5, 5.41) is 12.3. The van der Waals surface area contributed by atoms with E-state index in [4.69, 9.17) is 16.9 Å². The Morgan fingerprint density at radius 2 is 2.29 bits per heavy atom. The lowest BCUT2D eigenvalue weighted by Crippen LogP contribution is -2.23. The maximum absolute atomic E-state index is 8.59. The monoisotopic (exact) mass is 315 g/mol. The van der Waals surface area contributed by atoms with Crippen molar-refractivity contribution >= 4 is 33.2 Å². The summed E-state index contributed by atoms with van der Waals surface area (Å²) in [6, 6.07) is 4.07. The number of anilines is 1. The molecule has 0 amide bonds. The normalized spacial score (nSPS) is 11.0. The van der Waals surface area contributed by atoms with Crippen LogP contribution in [0.4, 0.5) is 5.69 Å². The van der Waals surface area contributed by atoms with E-state index in [0.717, 1.165) is 23.1 Å². The highest BCUT2D eigenvalue weighted by molar-refractivity contribution is 9.10. The third-order valence-corrected chi connectivity index (χ3v) is 3.21. The van der Waals surface area contributed by atoms with Gasteiger partial charge in [-0.2, -0.15) is 5.26 Å². The van der Waals surface area contributed by atoms with Gasteiger partial charge in [0, 0.05) is 23.6 Å². The Bertz CT molecular complexity index is 426. The molecule has 0 bridgehead atoms. The van der Waals surface area contributed by atoms with Crippen molar-refractivity contribution in [2.24, 2.45) is 5.41 Å². The smallest absolute Gasteiger partial charge is 0.152 e. The van der Waals surface area contributed by atoms with Crippen LogP contribution >= 0.6 is 27.5 Å². The van der Waals surface area contributed by atoms with Crippen LogP contribution in [0, 0.1) is 16.7 Å². The van der Waals surface area contributed by atoms with Gasteiger partial charge in [-0.1, -0.05) is 25.4 Å². The molecular formula is C12H15BrClN3. The summed E-state index contributed by atoms with van der Waals surface area (Å²) in [7, 11) is 0. The first-order valence-electron chi connectivity index (χ1n) is 5.36. The molecule has 1 aromatic rings. The molecule has 0 saturated carbocycles. The molecule has 1 heterocycles. The van der Waals surface area contributed by atoms with Crippen molar-refractivity contribution in [2.45, 2.75) is 26.7 Å². The third kappa shape index (κ3) is 4.93. The van der Waals surface area contributed by atoms with Crippen LogP contribution in [0.5, 0.6) is 0 Å². The molecule has 0 fully saturated rings. The summed E-state index contributed by atoms with van der Waals surface area (Å²) in [5.74, 6) is 0. The standard InChI is InChI=1S/C12H15BrClN3/c1-12(2,4-3-5-15)8-17-10-6-9(13)7-16-11(10)14/h6-7,17H,3-4,8H2,1-2H3. The summed E-state index contributed by atoms with van der Waals surface area (Å²) < 4.78 is 0.888. The van der Waals surface area contributed by atoms with Gasteiger partial charge in [0.05, 0.1) is 11.8 Å². The Hall–Kier alpha value is -0.790. The van der Waals surface area contributed by atoms with E-state index in [1.807, 2.05) is 6.07 Å². The molecule has 0 spiro atoms. The van der Waals surface area contributed by atoms with Gasteiger partial charge in [0.2, 0.25) is 0 Å². The summed E-state index contributed by atoms with van der Waals surface area (Å²) in [4.78, 5) is 4.05. The van der Waals surface area contributed by atoms with Crippen molar-refractivity contribution in [1.82, 2.24) is 4.98 Å². The molecule has 0 saturated heterocycles. The molecule has 0 aliphatic carbocycles. The second-order valence-electron chi connectivity index (χ2n) is 4.67. The molecule has 0 aromatic carbocycles. The van der Waals surface area contributed by atoms with Crippen LogP contribution in [0.3, 0.4) is 0 Å². The first-order valence-corrected chi connectivity index (χ1v) is 6.53. The van der Waals surface area contributed by atoms with E-state index in [1.54, 1.807) is 6.20 Å². The van der Waals surface area contributed by atoms with Crippen LogP contribution in [0.15, 0.2) is 16.7 Å². The van der Waals surface area contributed by atoms with Gasteiger partial charge in [0.15, 0.2) is 5.15 Å². The molecular weight excluding hydrogens is 302 g/mol. The van der Waals surface area contributed by atoms with E-state index in [-0.39, 0.29) is 5.41 Å². The van der Waals surface area contributed by atoms with E-state index < -0.39 is 0 Å². The van der Waals surface area contributed by atoms with Crippen molar-refractivity contribution < 1.29 is 0 Å². The van der Waals surface area contributed by atoms with Gasteiger partial charge in [-0.05, 0) is 33.8 Å². The topological polar surface area (TPSA) is 48.7 Å². The third-order valence-electron chi connectivity index (χ3n) is 2.48. The van der Waals surface area contributed by atoms with Crippen LogP contribution in [0.1, 0.15) is 26.7 Å². The summed E-state index contributed by atoms with van der Waals surface area (Å²) >= 11 is 9.34. The van der Waals surface area contributed by atoms with Crippen molar-refractivity contribution in [2.75, 3.05) is 11.9 Å². The van der Waals surface area contributed by atoms with Crippen LogP contribution in [0.25, 0.3) is 0 Å². The number of hydrogen-bond acceptors (Lipinski definition) is 3. The Labute approximate surface area is 115 Å². The lowest BCUT2D eigenvalue weighted by Gasteiger charge is -2.24. The minimum atomic E-state index is 0.0569. The molecule has 1 rings (SSSR count). The Morgan fingerprint density at radius 1 is 1.59 bits per heavy atom. The number of nitriles is 1. The maximum Gasteiger partial charge on any atom is 0.152 e. The van der Waals surface area contributed by atoms with Crippen molar-refractivity contribution in [1.29, 1.82) is 5.26 Å². The number of pyridine rings is 1. The zero-order valence-corrected chi connectivity index (χ0v) is 12.3. The molecule has 0 aliphatic heterocycles. The molecule has 1 aromatic heterocycles. The second-order valence-corrected chi connectivity index (χ2v) is 5.94. The van der Waals surface area contributed by atoms with Crippen LogP contribution in [-0.2, 0) is 0 Å². The Kier molecular flexibility index (Phi) is 5.23. The van der Waals surface area contributed by atoms with E-state index in [0.29, 0.717) is 11.6 Å². The second kappa shape index (κ2) is 6.23. The van der Waals surface area contributed by atoms with Crippen molar-refractivity contribution in [3.05, 3.63) is 21.9 Å². The highest BCUT2D eigenvalue weighted by Crippen LogP contribution is 2.27. The van der Waals surface area contributed by atoms with Crippen molar-refractivity contribution in [3.8, 4) is 6.07 Å². The molecule has 0 aliphatic rings. The van der Waals surface area contributed by atoms with E-state index in [9.17, 15) is 0 Å². The van der Waals surface area contributed by atoms with Gasteiger partial charge < -0.3 is 5.32 Å². The number of aromatic nitrogens is 1. The van der Waals surface area contributed by atoms with Gasteiger partial charge in [-0.25, -0.2) is 4.98 Å². The fourth-order valence-electron chi connectivity index (χ4n) is 1.36. The number of hydrogen-bond donors (Lipinski definition) is 1. The first kappa shape index (κ1) is 14.3. The molecule has 5 heteroatoms. The quantitative estimate of drug-likeness (QED) is 0.827.